The molecular weight excluding hydrogens is 383 g/mol. The van der Waals surface area contributed by atoms with E-state index in [-0.39, 0.29) is 5.65 Å². The molecule has 0 bridgehead atoms. The molecule has 7 nitrogen and oxygen atoms in total. The number of hydrogen-bond donors (Lipinski definition) is 1. The smallest absolute Gasteiger partial charge is 0.233 e. The molecule has 0 radical (unpaired) electrons. The fraction of sp³-hybridized carbons (Fsp3) is 0.200. The largest absolute Gasteiger partial charge is 0.493 e. The summed E-state index contributed by atoms with van der Waals surface area (Å²) in [6.07, 6.45) is 1.67. The SMILES string of the molecule is COc1cc(Nc2nnc3c(F)cc(Br)cn23)cc(OC)c1OC. The van der Waals surface area contributed by atoms with Crippen LogP contribution in [0.2, 0.25) is 0 Å². The third-order valence-corrected chi connectivity index (χ3v) is 3.78. The van der Waals surface area contributed by atoms with E-state index in [4.69, 9.17) is 14.2 Å². The van der Waals surface area contributed by atoms with Gasteiger partial charge in [0, 0.05) is 28.5 Å². The quantitative estimate of drug-likeness (QED) is 0.712. The number of benzene rings is 1. The lowest BCUT2D eigenvalue weighted by Gasteiger charge is -2.14. The fourth-order valence-electron chi connectivity index (χ4n) is 2.29. The average Bonchev–Trinajstić information content (AvgIpc) is 2.96. The number of pyridine rings is 1. The molecule has 9 heteroatoms. The number of nitrogens with zero attached hydrogens (tertiary/aromatic N) is 3. The van der Waals surface area contributed by atoms with E-state index < -0.39 is 5.82 Å². The average molecular weight is 397 g/mol. The second kappa shape index (κ2) is 6.52. The van der Waals surface area contributed by atoms with Crippen LogP contribution in [0.4, 0.5) is 16.0 Å². The molecule has 0 amide bonds. The Labute approximate surface area is 145 Å². The Hall–Kier alpha value is -2.55. The van der Waals surface area contributed by atoms with Crippen LogP contribution in [0, 0.1) is 5.82 Å². The number of aromatic nitrogens is 3. The summed E-state index contributed by atoms with van der Waals surface area (Å²) < 4.78 is 31.9. The van der Waals surface area contributed by atoms with E-state index in [1.807, 2.05) is 0 Å². The molecular formula is C15H14BrFN4O3. The lowest BCUT2D eigenvalue weighted by Crippen LogP contribution is -2.00. The second-order valence-corrected chi connectivity index (χ2v) is 5.68. The summed E-state index contributed by atoms with van der Waals surface area (Å²) in [6, 6.07) is 4.76. The van der Waals surface area contributed by atoms with E-state index in [9.17, 15) is 4.39 Å². The Morgan fingerprint density at radius 2 is 1.71 bits per heavy atom. The number of hydrogen-bond acceptors (Lipinski definition) is 6. The van der Waals surface area contributed by atoms with Crippen LogP contribution in [0.5, 0.6) is 17.2 Å². The molecule has 0 saturated heterocycles. The molecule has 0 aliphatic rings. The van der Waals surface area contributed by atoms with Gasteiger partial charge in [-0.05, 0) is 22.0 Å². The minimum absolute atomic E-state index is 0.119. The Morgan fingerprint density at radius 1 is 1.04 bits per heavy atom. The molecule has 0 aliphatic carbocycles. The Bertz CT molecular complexity index is 875. The Morgan fingerprint density at radius 3 is 2.29 bits per heavy atom. The zero-order valence-electron chi connectivity index (χ0n) is 13.1. The lowest BCUT2D eigenvalue weighted by atomic mass is 10.2. The number of methoxy groups -OCH3 is 3. The lowest BCUT2D eigenvalue weighted by molar-refractivity contribution is 0.324. The van der Waals surface area contributed by atoms with Gasteiger partial charge in [-0.3, -0.25) is 4.40 Å². The van der Waals surface area contributed by atoms with E-state index in [0.29, 0.717) is 33.4 Å². The van der Waals surface area contributed by atoms with Crippen LogP contribution in [0.3, 0.4) is 0 Å². The van der Waals surface area contributed by atoms with E-state index in [1.54, 1.807) is 18.3 Å². The monoisotopic (exact) mass is 396 g/mol. The minimum atomic E-state index is -0.477. The summed E-state index contributed by atoms with van der Waals surface area (Å²) >= 11 is 3.25. The summed E-state index contributed by atoms with van der Waals surface area (Å²) in [5.41, 5.74) is 0.743. The van der Waals surface area contributed by atoms with E-state index in [0.717, 1.165) is 0 Å². The highest BCUT2D eigenvalue weighted by atomic mass is 79.9. The van der Waals surface area contributed by atoms with Crippen LogP contribution in [-0.4, -0.2) is 35.9 Å². The first-order valence-electron chi connectivity index (χ1n) is 6.84. The summed E-state index contributed by atoms with van der Waals surface area (Å²) in [5.74, 6) is 1.32. The van der Waals surface area contributed by atoms with Crippen molar-refractivity contribution in [3.8, 4) is 17.2 Å². The first-order valence-corrected chi connectivity index (χ1v) is 7.63. The molecule has 2 heterocycles. The molecule has 0 unspecified atom stereocenters. The third kappa shape index (κ3) is 2.82. The molecule has 3 aromatic rings. The van der Waals surface area contributed by atoms with Crippen LogP contribution in [0.25, 0.3) is 5.65 Å². The van der Waals surface area contributed by atoms with Crippen LogP contribution in [0.15, 0.2) is 28.9 Å². The van der Waals surface area contributed by atoms with Gasteiger partial charge in [0.15, 0.2) is 23.0 Å². The van der Waals surface area contributed by atoms with Gasteiger partial charge in [0.2, 0.25) is 11.7 Å². The van der Waals surface area contributed by atoms with Gasteiger partial charge in [0.25, 0.3) is 0 Å². The number of ether oxygens (including phenoxy) is 3. The Balaban J connectivity index is 2.06. The van der Waals surface area contributed by atoms with Gasteiger partial charge in [-0.25, -0.2) is 4.39 Å². The van der Waals surface area contributed by atoms with Crippen molar-refractivity contribution in [1.29, 1.82) is 0 Å². The Kier molecular flexibility index (Phi) is 4.43. The second-order valence-electron chi connectivity index (χ2n) is 4.76. The molecule has 0 atom stereocenters. The molecule has 2 aromatic heterocycles. The highest BCUT2D eigenvalue weighted by Crippen LogP contribution is 2.40. The van der Waals surface area contributed by atoms with Gasteiger partial charge < -0.3 is 19.5 Å². The molecule has 0 saturated carbocycles. The summed E-state index contributed by atoms with van der Waals surface area (Å²) in [7, 11) is 4.58. The predicted octanol–water partition coefficient (Wildman–Crippen LogP) is 3.40. The van der Waals surface area contributed by atoms with Gasteiger partial charge in [0.1, 0.15) is 0 Å². The molecule has 1 aromatic carbocycles. The number of anilines is 2. The van der Waals surface area contributed by atoms with Gasteiger partial charge in [-0.15, -0.1) is 10.2 Å². The highest BCUT2D eigenvalue weighted by Gasteiger charge is 2.16. The van der Waals surface area contributed by atoms with Crippen molar-refractivity contribution in [2.24, 2.45) is 0 Å². The summed E-state index contributed by atoms with van der Waals surface area (Å²) in [6.45, 7) is 0. The van der Waals surface area contributed by atoms with Crippen molar-refractivity contribution >= 4 is 33.2 Å². The van der Waals surface area contributed by atoms with Gasteiger partial charge in [-0.1, -0.05) is 0 Å². The number of rotatable bonds is 5. The van der Waals surface area contributed by atoms with Crippen LogP contribution >= 0.6 is 15.9 Å². The molecule has 1 N–H and O–H groups in total. The maximum atomic E-state index is 13.9. The maximum Gasteiger partial charge on any atom is 0.233 e. The highest BCUT2D eigenvalue weighted by molar-refractivity contribution is 9.10. The standard InChI is InChI=1S/C15H14BrFN4O3/c1-22-11-5-9(6-12(23-2)13(11)24-3)18-15-20-19-14-10(17)4-8(16)7-21(14)15/h4-7H,1-3H3,(H,18,20). The zero-order chi connectivity index (χ0) is 17.3. The number of nitrogens with one attached hydrogen (secondary N) is 1. The first kappa shape index (κ1) is 16.3. The third-order valence-electron chi connectivity index (χ3n) is 3.35. The van der Waals surface area contributed by atoms with Crippen LogP contribution in [0.1, 0.15) is 0 Å². The zero-order valence-corrected chi connectivity index (χ0v) is 14.7. The molecule has 24 heavy (non-hydrogen) atoms. The summed E-state index contributed by atoms with van der Waals surface area (Å²) in [5, 5.41) is 10.9. The van der Waals surface area contributed by atoms with Crippen molar-refractivity contribution in [3.05, 3.63) is 34.7 Å². The first-order chi connectivity index (χ1) is 11.6. The van der Waals surface area contributed by atoms with Crippen molar-refractivity contribution in [2.45, 2.75) is 0 Å². The molecule has 3 rings (SSSR count). The van der Waals surface area contributed by atoms with E-state index in [2.05, 4.69) is 31.4 Å². The van der Waals surface area contributed by atoms with E-state index >= 15 is 0 Å². The number of fused-ring (bicyclic) bond motifs is 1. The molecule has 0 aliphatic heterocycles. The topological polar surface area (TPSA) is 69.9 Å². The molecule has 0 spiro atoms. The van der Waals surface area contributed by atoms with Gasteiger partial charge in [0.05, 0.1) is 21.3 Å². The van der Waals surface area contributed by atoms with Crippen molar-refractivity contribution in [1.82, 2.24) is 14.6 Å². The maximum absolute atomic E-state index is 13.9. The predicted molar refractivity (Wildman–Crippen MR) is 90.0 cm³/mol. The number of halogens is 2. The van der Waals surface area contributed by atoms with Gasteiger partial charge in [-0.2, -0.15) is 0 Å². The minimum Gasteiger partial charge on any atom is -0.493 e. The normalized spacial score (nSPS) is 10.7. The van der Waals surface area contributed by atoms with Crippen molar-refractivity contribution in [2.75, 3.05) is 26.6 Å². The fourth-order valence-corrected chi connectivity index (χ4v) is 2.70. The van der Waals surface area contributed by atoms with Crippen LogP contribution < -0.4 is 19.5 Å². The van der Waals surface area contributed by atoms with Crippen molar-refractivity contribution < 1.29 is 18.6 Å². The van der Waals surface area contributed by atoms with Crippen molar-refractivity contribution in [3.63, 3.8) is 0 Å². The summed E-state index contributed by atoms with van der Waals surface area (Å²) in [4.78, 5) is 0. The van der Waals surface area contributed by atoms with Gasteiger partial charge >= 0.3 is 0 Å². The molecule has 126 valence electrons. The molecule has 0 fully saturated rings. The van der Waals surface area contributed by atoms with Crippen LogP contribution in [-0.2, 0) is 0 Å². The van der Waals surface area contributed by atoms with E-state index in [1.165, 1.54) is 31.8 Å².